The van der Waals surface area contributed by atoms with Crippen LogP contribution in [-0.4, -0.2) is 22.0 Å². The quantitative estimate of drug-likeness (QED) is 0.526. The van der Waals surface area contributed by atoms with E-state index in [9.17, 15) is 14.7 Å². The second-order valence-corrected chi connectivity index (χ2v) is 3.30. The van der Waals surface area contributed by atoms with Crippen LogP contribution in [0.1, 0.15) is 12.8 Å². The van der Waals surface area contributed by atoms with Gasteiger partial charge in [-0.2, -0.15) is 0 Å². The highest BCUT2D eigenvalue weighted by atomic mass is 16.3. The van der Waals surface area contributed by atoms with Crippen molar-refractivity contribution in [3.8, 4) is 11.5 Å². The summed E-state index contributed by atoms with van der Waals surface area (Å²) < 4.78 is 0. The first-order valence-electron chi connectivity index (χ1n) is 4.47. The standard InChI is InChI=1S/C10H9NO4/c12-7-2-1-6(5-8(7)13)11-9(14)3-4-10(11)15/h1-2,5,12-13H,3-4H2. The van der Waals surface area contributed by atoms with Crippen LogP contribution >= 0.6 is 0 Å². The molecule has 0 atom stereocenters. The average Bonchev–Trinajstić information content (AvgIpc) is 2.52. The predicted molar refractivity (Wildman–Crippen MR) is 51.5 cm³/mol. The first kappa shape index (κ1) is 9.51. The minimum atomic E-state index is -0.347. The van der Waals surface area contributed by atoms with Gasteiger partial charge in [-0.15, -0.1) is 0 Å². The molecule has 1 fully saturated rings. The van der Waals surface area contributed by atoms with Crippen molar-refractivity contribution in [3.05, 3.63) is 18.2 Å². The average molecular weight is 207 g/mol. The highest BCUT2D eigenvalue weighted by Crippen LogP contribution is 2.31. The second-order valence-electron chi connectivity index (χ2n) is 3.30. The molecule has 1 heterocycles. The number of phenolic OH excluding ortho intramolecular Hbond substituents is 2. The zero-order chi connectivity index (χ0) is 11.0. The van der Waals surface area contributed by atoms with Gasteiger partial charge in [0.25, 0.3) is 0 Å². The minimum Gasteiger partial charge on any atom is -0.504 e. The number of nitrogens with zero attached hydrogens (tertiary/aromatic N) is 1. The van der Waals surface area contributed by atoms with Gasteiger partial charge in [0.05, 0.1) is 5.69 Å². The topological polar surface area (TPSA) is 77.8 Å². The number of rotatable bonds is 1. The minimum absolute atomic E-state index is 0.195. The highest BCUT2D eigenvalue weighted by molar-refractivity contribution is 6.19. The maximum Gasteiger partial charge on any atom is 0.234 e. The third-order valence-corrected chi connectivity index (χ3v) is 2.27. The van der Waals surface area contributed by atoms with Crippen molar-refractivity contribution in [3.63, 3.8) is 0 Å². The second kappa shape index (κ2) is 3.27. The van der Waals surface area contributed by atoms with E-state index in [1.807, 2.05) is 0 Å². The van der Waals surface area contributed by atoms with Crippen molar-refractivity contribution < 1.29 is 19.8 Å². The van der Waals surface area contributed by atoms with Crippen molar-refractivity contribution >= 4 is 17.5 Å². The van der Waals surface area contributed by atoms with E-state index in [0.717, 1.165) is 4.90 Å². The van der Waals surface area contributed by atoms with Gasteiger partial charge in [0.15, 0.2) is 11.5 Å². The Morgan fingerprint density at radius 3 is 2.13 bits per heavy atom. The molecule has 0 radical (unpaired) electrons. The van der Waals surface area contributed by atoms with E-state index in [4.69, 9.17) is 5.11 Å². The number of hydrogen-bond donors (Lipinski definition) is 2. The normalized spacial score (nSPS) is 16.1. The number of anilines is 1. The summed E-state index contributed by atoms with van der Waals surface area (Å²) in [6.07, 6.45) is 0.390. The molecule has 1 aliphatic heterocycles. The Hall–Kier alpha value is -2.04. The summed E-state index contributed by atoms with van der Waals surface area (Å²) >= 11 is 0. The molecule has 1 aromatic rings. The van der Waals surface area contributed by atoms with Crippen LogP contribution < -0.4 is 4.90 Å². The van der Waals surface area contributed by atoms with E-state index in [2.05, 4.69) is 0 Å². The first-order chi connectivity index (χ1) is 7.09. The van der Waals surface area contributed by atoms with Gasteiger partial charge >= 0.3 is 0 Å². The number of phenols is 2. The summed E-state index contributed by atoms with van der Waals surface area (Å²) in [5.41, 5.74) is 0.290. The molecule has 1 aromatic carbocycles. The van der Waals surface area contributed by atoms with Crippen LogP contribution in [0.4, 0.5) is 5.69 Å². The number of benzene rings is 1. The molecule has 15 heavy (non-hydrogen) atoms. The van der Waals surface area contributed by atoms with Crippen LogP contribution in [0.25, 0.3) is 0 Å². The Bertz CT molecular complexity index is 425. The molecule has 78 valence electrons. The van der Waals surface area contributed by atoms with E-state index in [-0.39, 0.29) is 41.8 Å². The summed E-state index contributed by atoms with van der Waals surface area (Å²) in [5, 5.41) is 18.3. The van der Waals surface area contributed by atoms with Crippen LogP contribution in [0.5, 0.6) is 11.5 Å². The molecular formula is C10H9NO4. The lowest BCUT2D eigenvalue weighted by Gasteiger charge is -2.13. The zero-order valence-corrected chi connectivity index (χ0v) is 7.80. The Morgan fingerprint density at radius 1 is 1.00 bits per heavy atom. The fourth-order valence-electron chi connectivity index (χ4n) is 1.52. The first-order valence-corrected chi connectivity index (χ1v) is 4.47. The molecule has 0 saturated carbocycles. The number of carbonyl (C=O) groups is 2. The number of amides is 2. The highest BCUT2D eigenvalue weighted by Gasteiger charge is 2.30. The maximum atomic E-state index is 11.3. The van der Waals surface area contributed by atoms with Crippen molar-refractivity contribution in [2.45, 2.75) is 12.8 Å². The van der Waals surface area contributed by atoms with Crippen LogP contribution in [0.2, 0.25) is 0 Å². The van der Waals surface area contributed by atoms with E-state index in [1.54, 1.807) is 0 Å². The summed E-state index contributed by atoms with van der Waals surface area (Å²) in [5.74, 6) is -1.20. The molecule has 0 unspecified atom stereocenters. The lowest BCUT2D eigenvalue weighted by molar-refractivity contribution is -0.121. The third-order valence-electron chi connectivity index (χ3n) is 2.27. The van der Waals surface area contributed by atoms with Crippen LogP contribution in [0.3, 0.4) is 0 Å². The van der Waals surface area contributed by atoms with Crippen LogP contribution in [-0.2, 0) is 9.59 Å². The van der Waals surface area contributed by atoms with E-state index < -0.39 is 0 Å². The molecular weight excluding hydrogens is 198 g/mol. The molecule has 2 N–H and O–H groups in total. The fraction of sp³-hybridized carbons (Fsp3) is 0.200. The van der Waals surface area contributed by atoms with Gasteiger partial charge in [0.1, 0.15) is 0 Å². The van der Waals surface area contributed by atoms with Crippen molar-refractivity contribution in [2.24, 2.45) is 0 Å². The summed E-state index contributed by atoms with van der Waals surface area (Å²) in [7, 11) is 0. The maximum absolute atomic E-state index is 11.3. The molecule has 0 bridgehead atoms. The predicted octanol–water partition coefficient (Wildman–Crippen LogP) is 0.751. The smallest absolute Gasteiger partial charge is 0.234 e. The van der Waals surface area contributed by atoms with Gasteiger partial charge in [0, 0.05) is 18.9 Å². The Kier molecular flexibility index (Phi) is 2.07. The van der Waals surface area contributed by atoms with Gasteiger partial charge in [-0.3, -0.25) is 14.5 Å². The third kappa shape index (κ3) is 1.52. The summed E-state index contributed by atoms with van der Waals surface area (Å²) in [6, 6.07) is 3.84. The SMILES string of the molecule is O=C1CCC(=O)N1c1ccc(O)c(O)c1. The largest absolute Gasteiger partial charge is 0.504 e. The number of aromatic hydroxyl groups is 2. The molecule has 0 aromatic heterocycles. The van der Waals surface area contributed by atoms with Crippen molar-refractivity contribution in [1.29, 1.82) is 0 Å². The molecule has 0 aliphatic carbocycles. The lowest BCUT2D eigenvalue weighted by atomic mass is 10.2. The van der Waals surface area contributed by atoms with Gasteiger partial charge in [-0.25, -0.2) is 0 Å². The Morgan fingerprint density at radius 2 is 1.60 bits per heavy atom. The van der Waals surface area contributed by atoms with Gasteiger partial charge < -0.3 is 10.2 Å². The number of hydrogen-bond acceptors (Lipinski definition) is 4. The summed E-state index contributed by atoms with van der Waals surface area (Å²) in [6.45, 7) is 0. The molecule has 0 spiro atoms. The van der Waals surface area contributed by atoms with Gasteiger partial charge in [-0.1, -0.05) is 0 Å². The van der Waals surface area contributed by atoms with Crippen LogP contribution in [0.15, 0.2) is 18.2 Å². The number of carbonyl (C=O) groups excluding carboxylic acids is 2. The summed E-state index contributed by atoms with van der Waals surface area (Å²) in [4.78, 5) is 23.7. The number of imide groups is 1. The molecule has 2 amide bonds. The zero-order valence-electron chi connectivity index (χ0n) is 7.80. The van der Waals surface area contributed by atoms with Gasteiger partial charge in [-0.05, 0) is 12.1 Å². The molecule has 2 rings (SSSR count). The Balaban J connectivity index is 2.41. The van der Waals surface area contributed by atoms with Gasteiger partial charge in [0.2, 0.25) is 11.8 Å². The Labute approximate surface area is 85.6 Å². The monoisotopic (exact) mass is 207 g/mol. The molecule has 1 saturated heterocycles. The lowest BCUT2D eigenvalue weighted by Crippen LogP contribution is -2.28. The van der Waals surface area contributed by atoms with E-state index in [0.29, 0.717) is 0 Å². The molecule has 5 nitrogen and oxygen atoms in total. The van der Waals surface area contributed by atoms with E-state index >= 15 is 0 Å². The van der Waals surface area contributed by atoms with Crippen molar-refractivity contribution in [1.82, 2.24) is 0 Å². The molecule has 1 aliphatic rings. The van der Waals surface area contributed by atoms with E-state index in [1.165, 1.54) is 18.2 Å². The molecule has 5 heteroatoms. The van der Waals surface area contributed by atoms with Crippen molar-refractivity contribution in [2.75, 3.05) is 4.90 Å². The van der Waals surface area contributed by atoms with Crippen LogP contribution in [0, 0.1) is 0 Å². The fourth-order valence-corrected chi connectivity index (χ4v) is 1.52.